The van der Waals surface area contributed by atoms with E-state index in [-0.39, 0.29) is 18.1 Å². The number of aliphatic hydroxyl groups excluding tert-OH is 1. The van der Waals surface area contributed by atoms with Crippen LogP contribution in [0.4, 0.5) is 0 Å². The van der Waals surface area contributed by atoms with Crippen LogP contribution in [0.1, 0.15) is 6.42 Å². The maximum Gasteiger partial charge on any atom is 0.237 e. The average Bonchev–Trinajstić information content (AvgIpc) is 2.31. The summed E-state index contributed by atoms with van der Waals surface area (Å²) in [4.78, 5) is 13.2. The molecule has 2 fully saturated rings. The van der Waals surface area contributed by atoms with Crippen LogP contribution in [0, 0.1) is 0 Å². The van der Waals surface area contributed by atoms with Crippen molar-refractivity contribution < 1.29 is 9.90 Å². The summed E-state index contributed by atoms with van der Waals surface area (Å²) in [5.74, 6) is 0.0767. The van der Waals surface area contributed by atoms with Crippen LogP contribution in [-0.2, 0) is 4.79 Å². The van der Waals surface area contributed by atoms with Gasteiger partial charge < -0.3 is 10.4 Å². The molecule has 1 amide bonds. The van der Waals surface area contributed by atoms with Crippen LogP contribution in [0.3, 0.4) is 0 Å². The quantitative estimate of drug-likeness (QED) is 0.451. The van der Waals surface area contributed by atoms with Crippen LogP contribution in [0.5, 0.6) is 0 Å². The molecule has 2 saturated heterocycles. The summed E-state index contributed by atoms with van der Waals surface area (Å²) in [6.45, 7) is 2.27. The first kappa shape index (κ1) is 7.06. The standard InChI is InChI=1S/C7H12N2O2/c10-5-3-6-7(11)8-1-2-9(6)4-5/h5-6,10H,1-4H2,(H,8,11). The average molecular weight is 156 g/mol. The number of fused-ring (bicyclic) bond motifs is 1. The van der Waals surface area contributed by atoms with Crippen molar-refractivity contribution in [3.8, 4) is 0 Å². The Morgan fingerprint density at radius 2 is 2.45 bits per heavy atom. The van der Waals surface area contributed by atoms with Gasteiger partial charge in [0.25, 0.3) is 0 Å². The number of hydrogen-bond acceptors (Lipinski definition) is 3. The minimum atomic E-state index is -0.302. The number of hydrogen-bond donors (Lipinski definition) is 2. The second-order valence-electron chi connectivity index (χ2n) is 3.19. The van der Waals surface area contributed by atoms with E-state index < -0.39 is 0 Å². The lowest BCUT2D eigenvalue weighted by Gasteiger charge is -2.28. The van der Waals surface area contributed by atoms with Gasteiger partial charge in [0.1, 0.15) is 0 Å². The Balaban J connectivity index is 2.09. The Bertz CT molecular complexity index is 183. The van der Waals surface area contributed by atoms with E-state index in [1.165, 1.54) is 0 Å². The van der Waals surface area contributed by atoms with E-state index in [1.807, 2.05) is 4.90 Å². The van der Waals surface area contributed by atoms with E-state index in [4.69, 9.17) is 0 Å². The second kappa shape index (κ2) is 2.46. The molecule has 0 aromatic carbocycles. The summed E-state index contributed by atoms with van der Waals surface area (Å²) in [6.07, 6.45) is 0.301. The van der Waals surface area contributed by atoms with E-state index in [0.717, 1.165) is 13.1 Å². The van der Waals surface area contributed by atoms with Crippen LogP contribution in [-0.4, -0.2) is 47.7 Å². The molecular weight excluding hydrogens is 144 g/mol. The Hall–Kier alpha value is -0.610. The molecule has 11 heavy (non-hydrogen) atoms. The van der Waals surface area contributed by atoms with Crippen LogP contribution < -0.4 is 5.32 Å². The van der Waals surface area contributed by atoms with Gasteiger partial charge in [0, 0.05) is 19.6 Å². The third-order valence-corrected chi connectivity index (χ3v) is 2.38. The summed E-state index contributed by atoms with van der Waals surface area (Å²) in [6, 6.07) is -0.0567. The van der Waals surface area contributed by atoms with E-state index >= 15 is 0 Å². The predicted molar refractivity (Wildman–Crippen MR) is 39.0 cm³/mol. The van der Waals surface area contributed by atoms with Crippen LogP contribution in [0.25, 0.3) is 0 Å². The zero-order valence-electron chi connectivity index (χ0n) is 6.29. The van der Waals surface area contributed by atoms with Crippen molar-refractivity contribution in [2.45, 2.75) is 18.6 Å². The molecule has 0 aromatic heterocycles. The Morgan fingerprint density at radius 1 is 1.64 bits per heavy atom. The monoisotopic (exact) mass is 156 g/mol. The molecule has 0 spiro atoms. The maximum absolute atomic E-state index is 11.2. The van der Waals surface area contributed by atoms with Crippen molar-refractivity contribution in [1.82, 2.24) is 10.2 Å². The number of carbonyl (C=O) groups is 1. The molecule has 2 aliphatic rings. The summed E-state index contributed by atoms with van der Waals surface area (Å²) in [5, 5.41) is 12.0. The number of piperazine rings is 1. The molecule has 0 aliphatic carbocycles. The van der Waals surface area contributed by atoms with E-state index in [9.17, 15) is 9.90 Å². The summed E-state index contributed by atoms with van der Waals surface area (Å²) >= 11 is 0. The van der Waals surface area contributed by atoms with Gasteiger partial charge >= 0.3 is 0 Å². The van der Waals surface area contributed by atoms with Gasteiger partial charge in [0.05, 0.1) is 12.1 Å². The van der Waals surface area contributed by atoms with Crippen molar-refractivity contribution in [2.24, 2.45) is 0 Å². The molecule has 2 unspecified atom stereocenters. The van der Waals surface area contributed by atoms with Crippen LogP contribution in [0.15, 0.2) is 0 Å². The molecule has 0 radical (unpaired) electrons. The molecule has 62 valence electrons. The highest BCUT2D eigenvalue weighted by Gasteiger charge is 2.37. The highest BCUT2D eigenvalue weighted by atomic mass is 16.3. The van der Waals surface area contributed by atoms with Gasteiger partial charge in [-0.2, -0.15) is 0 Å². The largest absolute Gasteiger partial charge is 0.392 e. The fraction of sp³-hybridized carbons (Fsp3) is 0.857. The van der Waals surface area contributed by atoms with Crippen LogP contribution >= 0.6 is 0 Å². The fourth-order valence-corrected chi connectivity index (χ4v) is 1.84. The molecule has 2 N–H and O–H groups in total. The highest BCUT2D eigenvalue weighted by Crippen LogP contribution is 2.19. The lowest BCUT2D eigenvalue weighted by Crippen LogP contribution is -2.51. The number of aliphatic hydroxyl groups is 1. The third-order valence-electron chi connectivity index (χ3n) is 2.38. The fourth-order valence-electron chi connectivity index (χ4n) is 1.84. The normalized spacial score (nSPS) is 38.5. The number of amides is 1. The first-order chi connectivity index (χ1) is 5.27. The molecule has 0 saturated carbocycles. The minimum Gasteiger partial charge on any atom is -0.392 e. The van der Waals surface area contributed by atoms with E-state index in [2.05, 4.69) is 5.32 Å². The molecular formula is C7H12N2O2. The van der Waals surface area contributed by atoms with Gasteiger partial charge in [-0.05, 0) is 6.42 Å². The Morgan fingerprint density at radius 3 is 3.18 bits per heavy atom. The Labute approximate surface area is 65.2 Å². The SMILES string of the molecule is O=C1NCCN2CC(O)CC12. The minimum absolute atomic E-state index is 0.0567. The zero-order valence-corrected chi connectivity index (χ0v) is 6.29. The van der Waals surface area contributed by atoms with Crippen molar-refractivity contribution in [3.05, 3.63) is 0 Å². The number of rotatable bonds is 0. The summed E-state index contributed by atoms with van der Waals surface area (Å²) in [5.41, 5.74) is 0. The smallest absolute Gasteiger partial charge is 0.237 e. The first-order valence-electron chi connectivity index (χ1n) is 3.97. The summed E-state index contributed by atoms with van der Waals surface area (Å²) < 4.78 is 0. The van der Waals surface area contributed by atoms with Gasteiger partial charge in [0.15, 0.2) is 0 Å². The van der Waals surface area contributed by atoms with Gasteiger partial charge in [-0.3, -0.25) is 9.69 Å². The molecule has 2 rings (SSSR count). The van der Waals surface area contributed by atoms with Gasteiger partial charge in [-0.25, -0.2) is 0 Å². The van der Waals surface area contributed by atoms with Crippen molar-refractivity contribution in [1.29, 1.82) is 0 Å². The highest BCUT2D eigenvalue weighted by molar-refractivity contribution is 5.82. The molecule has 2 aliphatic heterocycles. The third kappa shape index (κ3) is 1.12. The second-order valence-corrected chi connectivity index (χ2v) is 3.19. The molecule has 0 aromatic rings. The molecule has 4 nitrogen and oxygen atoms in total. The first-order valence-corrected chi connectivity index (χ1v) is 3.97. The van der Waals surface area contributed by atoms with Crippen molar-refractivity contribution in [3.63, 3.8) is 0 Å². The van der Waals surface area contributed by atoms with Crippen molar-refractivity contribution in [2.75, 3.05) is 19.6 Å². The zero-order chi connectivity index (χ0) is 7.84. The van der Waals surface area contributed by atoms with E-state index in [1.54, 1.807) is 0 Å². The molecule has 2 heterocycles. The maximum atomic E-state index is 11.2. The number of nitrogens with one attached hydrogen (secondary N) is 1. The van der Waals surface area contributed by atoms with Gasteiger partial charge in [-0.1, -0.05) is 0 Å². The van der Waals surface area contributed by atoms with Crippen molar-refractivity contribution >= 4 is 5.91 Å². The topological polar surface area (TPSA) is 52.6 Å². The molecule has 2 atom stereocenters. The lowest BCUT2D eigenvalue weighted by atomic mass is 10.1. The van der Waals surface area contributed by atoms with Gasteiger partial charge in [-0.15, -0.1) is 0 Å². The van der Waals surface area contributed by atoms with Crippen LogP contribution in [0.2, 0.25) is 0 Å². The number of nitrogens with zero attached hydrogens (tertiary/aromatic N) is 1. The van der Waals surface area contributed by atoms with Gasteiger partial charge in [0.2, 0.25) is 5.91 Å². The summed E-state index contributed by atoms with van der Waals surface area (Å²) in [7, 11) is 0. The lowest BCUT2D eigenvalue weighted by molar-refractivity contribution is -0.127. The molecule has 0 bridgehead atoms. The molecule has 4 heteroatoms. The van der Waals surface area contributed by atoms with E-state index in [0.29, 0.717) is 13.0 Å². The number of carbonyl (C=O) groups excluding carboxylic acids is 1. The predicted octanol–water partition coefficient (Wildman–Crippen LogP) is -1.45. The Kier molecular flexibility index (Phi) is 1.58.